The normalized spacial score (nSPS) is 10.5. The average Bonchev–Trinajstić information content (AvgIpc) is 2.79. The number of hydrogen-bond donors (Lipinski definition) is 1. The van der Waals surface area contributed by atoms with Gasteiger partial charge in [-0.2, -0.15) is 0 Å². The van der Waals surface area contributed by atoms with Crippen molar-refractivity contribution in [1.29, 1.82) is 0 Å². The van der Waals surface area contributed by atoms with Crippen molar-refractivity contribution < 1.29 is 0 Å². The van der Waals surface area contributed by atoms with Gasteiger partial charge in [-0.3, -0.25) is 0 Å². The lowest BCUT2D eigenvalue weighted by molar-refractivity contribution is 0.686. The van der Waals surface area contributed by atoms with Gasteiger partial charge >= 0.3 is 0 Å². The van der Waals surface area contributed by atoms with Crippen LogP contribution in [0.25, 0.3) is 0 Å². The maximum Gasteiger partial charge on any atom is 0.176 e. The first-order valence-electron chi connectivity index (χ1n) is 5.06. The predicted octanol–water partition coefficient (Wildman–Crippen LogP) is 1.38. The van der Waals surface area contributed by atoms with Crippen LogP contribution in [0.15, 0.2) is 36.7 Å². The van der Waals surface area contributed by atoms with Crippen molar-refractivity contribution in [2.75, 3.05) is 0 Å². The zero-order valence-corrected chi connectivity index (χ0v) is 8.56. The summed E-state index contributed by atoms with van der Waals surface area (Å²) in [6.45, 7) is 1.50. The number of benzene rings is 1. The second kappa shape index (κ2) is 4.75. The van der Waals surface area contributed by atoms with Gasteiger partial charge in [0, 0.05) is 25.5 Å². The highest BCUT2D eigenvalue weighted by atomic mass is 15.0. The molecule has 0 spiro atoms. The molecule has 2 aromatic rings. The van der Waals surface area contributed by atoms with Crippen LogP contribution in [-0.4, -0.2) is 9.55 Å². The van der Waals surface area contributed by atoms with Crippen LogP contribution in [0.5, 0.6) is 0 Å². The molecular formula is C12H14N3. The number of imidazole rings is 1. The number of nitrogens with zero attached hydrogens (tertiary/aromatic N) is 2. The van der Waals surface area contributed by atoms with Crippen molar-refractivity contribution >= 4 is 0 Å². The smallest absolute Gasteiger partial charge is 0.176 e. The Morgan fingerprint density at radius 2 is 2.07 bits per heavy atom. The molecule has 0 aliphatic rings. The summed E-state index contributed by atoms with van der Waals surface area (Å²) in [4.78, 5) is 3.89. The Balaban J connectivity index is 2.04. The highest BCUT2D eigenvalue weighted by Gasteiger charge is 1.99. The molecule has 77 valence electrons. The summed E-state index contributed by atoms with van der Waals surface area (Å²) in [7, 11) is 0. The van der Waals surface area contributed by atoms with Gasteiger partial charge in [-0.25, -0.2) is 4.98 Å². The van der Waals surface area contributed by atoms with Crippen molar-refractivity contribution in [2.45, 2.75) is 19.5 Å². The van der Waals surface area contributed by atoms with Crippen LogP contribution < -0.4 is 5.73 Å². The molecule has 3 heteroatoms. The molecule has 1 radical (unpaired) electrons. The van der Waals surface area contributed by atoms with Crippen molar-refractivity contribution in [2.24, 2.45) is 5.73 Å². The third-order valence-corrected chi connectivity index (χ3v) is 2.47. The van der Waals surface area contributed by atoms with Gasteiger partial charge in [-0.15, -0.1) is 0 Å². The van der Waals surface area contributed by atoms with Gasteiger partial charge in [0.25, 0.3) is 0 Å². The zero-order valence-electron chi connectivity index (χ0n) is 8.56. The van der Waals surface area contributed by atoms with E-state index in [0.717, 1.165) is 13.0 Å². The summed E-state index contributed by atoms with van der Waals surface area (Å²) in [5, 5.41) is 0. The highest BCUT2D eigenvalue weighted by Crippen LogP contribution is 2.09. The SMILES string of the molecule is NCc1ccccc1CCn1[c]ncc1. The van der Waals surface area contributed by atoms with Crippen LogP contribution in [0.4, 0.5) is 0 Å². The Morgan fingerprint density at radius 3 is 2.73 bits per heavy atom. The molecule has 2 rings (SSSR count). The molecule has 0 saturated heterocycles. The van der Waals surface area contributed by atoms with Crippen molar-refractivity contribution in [3.8, 4) is 0 Å². The zero-order chi connectivity index (χ0) is 10.5. The van der Waals surface area contributed by atoms with Crippen molar-refractivity contribution in [3.63, 3.8) is 0 Å². The van der Waals surface area contributed by atoms with Crippen LogP contribution in [0.2, 0.25) is 0 Å². The summed E-state index contributed by atoms with van der Waals surface area (Å²) < 4.78 is 1.95. The lowest BCUT2D eigenvalue weighted by Crippen LogP contribution is -2.05. The molecular weight excluding hydrogens is 186 g/mol. The molecule has 1 heterocycles. The summed E-state index contributed by atoms with van der Waals surface area (Å²) in [6.07, 6.45) is 7.52. The van der Waals surface area contributed by atoms with Crippen LogP contribution in [0.3, 0.4) is 0 Å². The fraction of sp³-hybridized carbons (Fsp3) is 0.250. The van der Waals surface area contributed by atoms with Crippen molar-refractivity contribution in [1.82, 2.24) is 9.55 Å². The molecule has 0 aliphatic heterocycles. The number of nitrogens with two attached hydrogens (primary N) is 1. The van der Waals surface area contributed by atoms with Crippen LogP contribution >= 0.6 is 0 Å². The van der Waals surface area contributed by atoms with E-state index in [-0.39, 0.29) is 0 Å². The maximum absolute atomic E-state index is 5.67. The largest absolute Gasteiger partial charge is 0.328 e. The third kappa shape index (κ3) is 2.44. The molecule has 0 fully saturated rings. The standard InChI is InChI=1S/C12H14N3/c13-9-12-4-2-1-3-11(12)5-7-15-8-6-14-10-15/h1-4,6,8H,5,7,9,13H2. The summed E-state index contributed by atoms with van der Waals surface area (Å²) in [5.74, 6) is 0. The van der Waals surface area contributed by atoms with Gasteiger partial charge < -0.3 is 10.3 Å². The Morgan fingerprint density at radius 1 is 1.27 bits per heavy atom. The molecule has 0 unspecified atom stereocenters. The van der Waals surface area contributed by atoms with E-state index in [0.29, 0.717) is 6.54 Å². The quantitative estimate of drug-likeness (QED) is 0.810. The second-order valence-electron chi connectivity index (χ2n) is 3.44. The van der Waals surface area contributed by atoms with Gasteiger partial charge in [0.05, 0.1) is 0 Å². The van der Waals surface area contributed by atoms with Crippen molar-refractivity contribution in [3.05, 3.63) is 54.1 Å². The summed E-state index contributed by atoms with van der Waals surface area (Å²) >= 11 is 0. The minimum Gasteiger partial charge on any atom is -0.328 e. The van der Waals surface area contributed by atoms with Gasteiger partial charge in [0.15, 0.2) is 6.33 Å². The van der Waals surface area contributed by atoms with Gasteiger partial charge in [0.1, 0.15) is 0 Å². The summed E-state index contributed by atoms with van der Waals surface area (Å²) in [5.41, 5.74) is 8.20. The summed E-state index contributed by atoms with van der Waals surface area (Å²) in [6, 6.07) is 8.27. The van der Waals surface area contributed by atoms with Crippen LogP contribution in [-0.2, 0) is 19.5 Å². The molecule has 1 aromatic carbocycles. The lowest BCUT2D eigenvalue weighted by atomic mass is 10.0. The van der Waals surface area contributed by atoms with E-state index in [1.54, 1.807) is 6.20 Å². The number of aryl methyl sites for hydroxylation is 2. The minimum absolute atomic E-state index is 0.601. The molecule has 0 saturated carbocycles. The monoisotopic (exact) mass is 200 g/mol. The maximum atomic E-state index is 5.67. The minimum atomic E-state index is 0.601. The number of aromatic nitrogens is 2. The van der Waals surface area contributed by atoms with E-state index in [4.69, 9.17) is 5.73 Å². The average molecular weight is 200 g/mol. The first kappa shape index (κ1) is 9.93. The van der Waals surface area contributed by atoms with Crippen LogP contribution in [0.1, 0.15) is 11.1 Å². The Hall–Kier alpha value is -1.61. The fourth-order valence-electron chi connectivity index (χ4n) is 1.62. The molecule has 0 amide bonds. The van der Waals surface area contributed by atoms with E-state index in [1.807, 2.05) is 22.9 Å². The molecule has 0 atom stereocenters. The Kier molecular flexibility index (Phi) is 3.15. The molecule has 3 nitrogen and oxygen atoms in total. The van der Waals surface area contributed by atoms with E-state index >= 15 is 0 Å². The third-order valence-electron chi connectivity index (χ3n) is 2.47. The van der Waals surface area contributed by atoms with E-state index in [2.05, 4.69) is 23.4 Å². The number of rotatable bonds is 4. The Labute approximate surface area is 89.6 Å². The van der Waals surface area contributed by atoms with Crippen LogP contribution in [0, 0.1) is 6.33 Å². The predicted molar refractivity (Wildman–Crippen MR) is 59.1 cm³/mol. The first-order valence-corrected chi connectivity index (χ1v) is 5.06. The molecule has 2 N–H and O–H groups in total. The molecule has 1 aromatic heterocycles. The van der Waals surface area contributed by atoms with E-state index in [9.17, 15) is 0 Å². The fourth-order valence-corrected chi connectivity index (χ4v) is 1.62. The van der Waals surface area contributed by atoms with E-state index < -0.39 is 0 Å². The van der Waals surface area contributed by atoms with Gasteiger partial charge in [0.2, 0.25) is 0 Å². The highest BCUT2D eigenvalue weighted by molar-refractivity contribution is 5.26. The molecule has 0 aliphatic carbocycles. The molecule has 0 bridgehead atoms. The van der Waals surface area contributed by atoms with E-state index in [1.165, 1.54) is 11.1 Å². The second-order valence-corrected chi connectivity index (χ2v) is 3.44. The number of hydrogen-bond acceptors (Lipinski definition) is 2. The van der Waals surface area contributed by atoms with Gasteiger partial charge in [-0.1, -0.05) is 24.3 Å². The van der Waals surface area contributed by atoms with Gasteiger partial charge in [-0.05, 0) is 17.5 Å². The Bertz CT molecular complexity index is 407. The lowest BCUT2D eigenvalue weighted by Gasteiger charge is -2.07. The molecule has 15 heavy (non-hydrogen) atoms. The first-order chi connectivity index (χ1) is 7.40. The topological polar surface area (TPSA) is 43.8 Å².